The van der Waals surface area contributed by atoms with E-state index in [0.29, 0.717) is 0 Å². The van der Waals surface area contributed by atoms with Crippen molar-refractivity contribution in [1.82, 2.24) is 5.32 Å². The first-order valence-electron chi connectivity index (χ1n) is 6.61. The Labute approximate surface area is 131 Å². The van der Waals surface area contributed by atoms with Crippen LogP contribution in [0.2, 0.25) is 0 Å². The second kappa shape index (κ2) is 5.68. The monoisotopic (exact) mass is 345 g/mol. The maximum absolute atomic E-state index is 3.62. The Hall–Kier alpha value is -1.16. The van der Waals surface area contributed by atoms with E-state index in [-0.39, 0.29) is 6.04 Å². The normalized spacial score (nSPS) is 12.8. The topological polar surface area (TPSA) is 12.0 Å². The fourth-order valence-corrected chi connectivity index (χ4v) is 4.20. The molecule has 1 atom stereocenters. The molecule has 0 aliphatic rings. The highest BCUT2D eigenvalue weighted by molar-refractivity contribution is 9.11. The lowest BCUT2D eigenvalue weighted by atomic mass is 10.0. The Balaban J connectivity index is 2.06. The number of hydrogen-bond acceptors (Lipinski definition) is 2. The number of aryl methyl sites for hydroxylation is 1. The minimum Gasteiger partial charge on any atom is -0.309 e. The molecule has 0 saturated carbocycles. The van der Waals surface area contributed by atoms with E-state index in [2.05, 4.69) is 76.7 Å². The standard InChI is InChI=1S/C17H16BrNS/c1-11-9-15(20-17(11)18)16(19-2)14-8-7-12-5-3-4-6-13(12)10-14/h3-10,16,19H,1-2H3. The van der Waals surface area contributed by atoms with Crippen molar-refractivity contribution in [2.24, 2.45) is 0 Å². The van der Waals surface area contributed by atoms with Crippen LogP contribution in [0.15, 0.2) is 52.3 Å². The van der Waals surface area contributed by atoms with Crippen molar-refractivity contribution in [3.05, 3.63) is 68.3 Å². The summed E-state index contributed by atoms with van der Waals surface area (Å²) in [5.41, 5.74) is 2.60. The van der Waals surface area contributed by atoms with Gasteiger partial charge < -0.3 is 5.32 Å². The maximum Gasteiger partial charge on any atom is 0.0731 e. The molecule has 3 aromatic rings. The van der Waals surface area contributed by atoms with Gasteiger partial charge in [-0.25, -0.2) is 0 Å². The van der Waals surface area contributed by atoms with E-state index in [0.717, 1.165) is 0 Å². The second-order valence-electron chi connectivity index (χ2n) is 4.93. The molecule has 0 aliphatic carbocycles. The van der Waals surface area contributed by atoms with Gasteiger partial charge in [-0.15, -0.1) is 11.3 Å². The first kappa shape index (κ1) is 13.8. The molecular weight excluding hydrogens is 330 g/mol. The zero-order valence-electron chi connectivity index (χ0n) is 11.5. The van der Waals surface area contributed by atoms with Gasteiger partial charge in [0.2, 0.25) is 0 Å². The zero-order chi connectivity index (χ0) is 14.1. The highest BCUT2D eigenvalue weighted by atomic mass is 79.9. The first-order chi connectivity index (χ1) is 9.69. The minimum atomic E-state index is 0.245. The summed E-state index contributed by atoms with van der Waals surface area (Å²) in [6.45, 7) is 2.14. The molecule has 102 valence electrons. The second-order valence-corrected chi connectivity index (χ2v) is 7.34. The van der Waals surface area contributed by atoms with E-state index in [9.17, 15) is 0 Å². The van der Waals surface area contributed by atoms with Crippen molar-refractivity contribution in [2.45, 2.75) is 13.0 Å². The predicted octanol–water partition coefficient (Wildman–Crippen LogP) is 5.28. The number of fused-ring (bicyclic) bond motifs is 1. The molecule has 1 unspecified atom stereocenters. The number of thiophene rings is 1. The van der Waals surface area contributed by atoms with E-state index in [1.807, 2.05) is 7.05 Å². The van der Waals surface area contributed by atoms with Crippen LogP contribution in [0.4, 0.5) is 0 Å². The third-order valence-electron chi connectivity index (χ3n) is 3.56. The molecule has 0 amide bonds. The summed E-state index contributed by atoms with van der Waals surface area (Å²) in [6, 6.07) is 17.7. The van der Waals surface area contributed by atoms with Gasteiger partial charge in [-0.1, -0.05) is 36.4 Å². The number of halogens is 1. The molecule has 2 aromatic carbocycles. The first-order valence-corrected chi connectivity index (χ1v) is 8.22. The van der Waals surface area contributed by atoms with E-state index < -0.39 is 0 Å². The van der Waals surface area contributed by atoms with Crippen molar-refractivity contribution in [2.75, 3.05) is 7.05 Å². The van der Waals surface area contributed by atoms with Crippen LogP contribution in [0.1, 0.15) is 22.0 Å². The average molecular weight is 346 g/mol. The van der Waals surface area contributed by atoms with Crippen molar-refractivity contribution in [1.29, 1.82) is 0 Å². The molecule has 0 bridgehead atoms. The van der Waals surface area contributed by atoms with Crippen LogP contribution < -0.4 is 5.32 Å². The molecule has 0 radical (unpaired) electrons. The van der Waals surface area contributed by atoms with Gasteiger partial charge >= 0.3 is 0 Å². The third-order valence-corrected chi connectivity index (χ3v) is 5.76. The average Bonchev–Trinajstić information content (AvgIpc) is 2.79. The molecule has 3 heteroatoms. The Morgan fingerprint density at radius 3 is 2.45 bits per heavy atom. The van der Waals surface area contributed by atoms with Gasteiger partial charge in [0, 0.05) is 4.88 Å². The number of nitrogens with one attached hydrogen (secondary N) is 1. The van der Waals surface area contributed by atoms with Gasteiger partial charge in [-0.05, 0) is 63.9 Å². The summed E-state index contributed by atoms with van der Waals surface area (Å²) >= 11 is 5.42. The fourth-order valence-electron chi connectivity index (χ4n) is 2.49. The van der Waals surface area contributed by atoms with Crippen LogP contribution in [0.5, 0.6) is 0 Å². The van der Waals surface area contributed by atoms with E-state index >= 15 is 0 Å². The number of rotatable bonds is 3. The smallest absolute Gasteiger partial charge is 0.0731 e. The van der Waals surface area contributed by atoms with Gasteiger partial charge in [-0.2, -0.15) is 0 Å². The maximum atomic E-state index is 3.62. The Bertz CT molecular complexity index is 728. The van der Waals surface area contributed by atoms with Gasteiger partial charge in [0.25, 0.3) is 0 Å². The molecule has 0 fully saturated rings. The molecule has 1 nitrogen and oxygen atoms in total. The van der Waals surface area contributed by atoms with Crippen molar-refractivity contribution >= 4 is 38.0 Å². The van der Waals surface area contributed by atoms with Gasteiger partial charge in [-0.3, -0.25) is 0 Å². The molecule has 1 aromatic heterocycles. The van der Waals surface area contributed by atoms with Crippen molar-refractivity contribution in [3.8, 4) is 0 Å². The lowest BCUT2D eigenvalue weighted by Gasteiger charge is -2.15. The number of hydrogen-bond donors (Lipinski definition) is 1. The Morgan fingerprint density at radius 1 is 1.05 bits per heavy atom. The van der Waals surface area contributed by atoms with Crippen LogP contribution >= 0.6 is 27.3 Å². The van der Waals surface area contributed by atoms with Crippen LogP contribution in [0.25, 0.3) is 10.8 Å². The predicted molar refractivity (Wildman–Crippen MR) is 91.6 cm³/mol. The summed E-state index contributed by atoms with van der Waals surface area (Å²) in [5.74, 6) is 0. The quantitative estimate of drug-likeness (QED) is 0.680. The summed E-state index contributed by atoms with van der Waals surface area (Å²) in [5, 5.41) is 6.01. The summed E-state index contributed by atoms with van der Waals surface area (Å²) in [4.78, 5) is 1.34. The van der Waals surface area contributed by atoms with Gasteiger partial charge in [0.05, 0.1) is 9.83 Å². The minimum absolute atomic E-state index is 0.245. The van der Waals surface area contributed by atoms with E-state index in [1.165, 1.54) is 30.6 Å². The highest BCUT2D eigenvalue weighted by Gasteiger charge is 2.15. The van der Waals surface area contributed by atoms with E-state index in [1.54, 1.807) is 11.3 Å². The van der Waals surface area contributed by atoms with Crippen LogP contribution in [-0.4, -0.2) is 7.05 Å². The molecule has 0 spiro atoms. The Kier molecular flexibility index (Phi) is 3.92. The molecule has 1 heterocycles. The lowest BCUT2D eigenvalue weighted by Crippen LogP contribution is -2.16. The Morgan fingerprint density at radius 2 is 1.80 bits per heavy atom. The summed E-state index contributed by atoms with van der Waals surface area (Å²) in [7, 11) is 2.02. The highest BCUT2D eigenvalue weighted by Crippen LogP contribution is 2.34. The zero-order valence-corrected chi connectivity index (χ0v) is 13.9. The molecule has 1 N–H and O–H groups in total. The molecular formula is C17H16BrNS. The third kappa shape index (κ3) is 2.53. The van der Waals surface area contributed by atoms with E-state index in [4.69, 9.17) is 0 Å². The lowest BCUT2D eigenvalue weighted by molar-refractivity contribution is 0.704. The molecule has 3 rings (SSSR count). The largest absolute Gasteiger partial charge is 0.309 e. The molecule has 20 heavy (non-hydrogen) atoms. The fraction of sp³-hybridized carbons (Fsp3) is 0.176. The van der Waals surface area contributed by atoms with Crippen molar-refractivity contribution < 1.29 is 0 Å². The van der Waals surface area contributed by atoms with Crippen molar-refractivity contribution in [3.63, 3.8) is 0 Å². The van der Waals surface area contributed by atoms with Gasteiger partial charge in [0.15, 0.2) is 0 Å². The molecule has 0 saturated heterocycles. The SMILES string of the molecule is CNC(c1ccc2ccccc2c1)c1cc(C)c(Br)s1. The number of benzene rings is 2. The summed E-state index contributed by atoms with van der Waals surface area (Å²) in [6.07, 6.45) is 0. The van der Waals surface area contributed by atoms with Crippen LogP contribution in [0.3, 0.4) is 0 Å². The van der Waals surface area contributed by atoms with Crippen LogP contribution in [-0.2, 0) is 0 Å². The summed E-state index contributed by atoms with van der Waals surface area (Å²) < 4.78 is 1.22. The van der Waals surface area contributed by atoms with Crippen LogP contribution in [0, 0.1) is 6.92 Å². The van der Waals surface area contributed by atoms with Gasteiger partial charge in [0.1, 0.15) is 0 Å². The molecule has 0 aliphatic heterocycles.